The van der Waals surface area contributed by atoms with Gasteiger partial charge in [0, 0.05) is 6.20 Å². The number of carbonyl (C=O) groups is 2. The Morgan fingerprint density at radius 1 is 1.32 bits per heavy atom. The van der Waals surface area contributed by atoms with E-state index < -0.39 is 17.7 Å². The Hall–Kier alpha value is -2.31. The molecular formula is C15H22N2O5. The van der Waals surface area contributed by atoms with Crippen molar-refractivity contribution < 1.29 is 23.8 Å². The van der Waals surface area contributed by atoms with Gasteiger partial charge in [-0.05, 0) is 33.8 Å². The highest BCUT2D eigenvalue weighted by Gasteiger charge is 2.18. The summed E-state index contributed by atoms with van der Waals surface area (Å²) in [5.74, 6) is -0.0707. The van der Waals surface area contributed by atoms with Crippen LogP contribution in [0.5, 0.6) is 5.75 Å². The first-order chi connectivity index (χ1) is 10.2. The van der Waals surface area contributed by atoms with E-state index >= 15 is 0 Å². The molecule has 0 aliphatic heterocycles. The molecule has 0 radical (unpaired) electrons. The Labute approximate surface area is 130 Å². The number of alkyl carbamates (subject to hydrolysis) is 1. The average molecular weight is 310 g/mol. The number of nitrogens with one attached hydrogen (secondary N) is 1. The molecule has 0 aliphatic rings. The van der Waals surface area contributed by atoms with E-state index in [0.717, 1.165) is 0 Å². The smallest absolute Gasteiger partial charge is 0.407 e. The van der Waals surface area contributed by atoms with Crippen LogP contribution in [-0.2, 0) is 9.47 Å². The predicted molar refractivity (Wildman–Crippen MR) is 79.9 cm³/mol. The fraction of sp³-hybridized carbons (Fsp3) is 0.533. The molecule has 0 unspecified atom stereocenters. The molecule has 1 N–H and O–H groups in total. The van der Waals surface area contributed by atoms with Crippen LogP contribution in [0.3, 0.4) is 0 Å². The second-order valence-corrected chi connectivity index (χ2v) is 5.76. The van der Waals surface area contributed by atoms with Crippen LogP contribution in [0.2, 0.25) is 0 Å². The van der Waals surface area contributed by atoms with Gasteiger partial charge in [-0.3, -0.25) is 4.98 Å². The zero-order chi connectivity index (χ0) is 16.8. The minimum absolute atomic E-state index is 0.214. The molecule has 1 amide bonds. The number of esters is 1. The van der Waals surface area contributed by atoms with Gasteiger partial charge in [0.25, 0.3) is 0 Å². The van der Waals surface area contributed by atoms with Gasteiger partial charge in [-0.15, -0.1) is 0 Å². The molecule has 1 rings (SSSR count). The van der Waals surface area contributed by atoms with E-state index in [9.17, 15) is 9.59 Å². The summed E-state index contributed by atoms with van der Waals surface area (Å²) >= 11 is 0. The molecule has 0 saturated carbocycles. The zero-order valence-electron chi connectivity index (χ0n) is 13.5. The summed E-state index contributed by atoms with van der Waals surface area (Å²) in [4.78, 5) is 26.9. The molecule has 0 saturated heterocycles. The fourth-order valence-corrected chi connectivity index (χ4v) is 1.50. The van der Waals surface area contributed by atoms with Crippen molar-refractivity contribution in [3.63, 3.8) is 0 Å². The quantitative estimate of drug-likeness (QED) is 0.839. The number of pyridine rings is 1. The van der Waals surface area contributed by atoms with Crippen molar-refractivity contribution in [3.05, 3.63) is 24.0 Å². The molecule has 1 aromatic heterocycles. The van der Waals surface area contributed by atoms with Crippen LogP contribution in [-0.4, -0.2) is 42.4 Å². The second-order valence-electron chi connectivity index (χ2n) is 5.76. The van der Waals surface area contributed by atoms with Gasteiger partial charge in [0.1, 0.15) is 18.0 Å². The van der Waals surface area contributed by atoms with E-state index in [1.165, 1.54) is 25.6 Å². The molecule has 7 heteroatoms. The highest BCUT2D eigenvalue weighted by molar-refractivity contribution is 5.89. The summed E-state index contributed by atoms with van der Waals surface area (Å²) in [7, 11) is 1.29. The number of amides is 1. The second kappa shape index (κ2) is 7.63. The van der Waals surface area contributed by atoms with Crippen molar-refractivity contribution in [2.75, 3.05) is 13.7 Å². The average Bonchev–Trinajstić information content (AvgIpc) is 2.42. The lowest BCUT2D eigenvalue weighted by Gasteiger charge is -2.22. The Morgan fingerprint density at radius 2 is 2.00 bits per heavy atom. The van der Waals surface area contributed by atoms with Crippen LogP contribution in [0.4, 0.5) is 4.79 Å². The van der Waals surface area contributed by atoms with E-state index in [4.69, 9.17) is 9.47 Å². The number of carbonyl (C=O) groups excluding carboxylic acids is 2. The topological polar surface area (TPSA) is 86.8 Å². The molecule has 0 bridgehead atoms. The first-order valence-corrected chi connectivity index (χ1v) is 6.87. The molecule has 1 atom stereocenters. The molecule has 22 heavy (non-hydrogen) atoms. The first kappa shape index (κ1) is 17.7. The minimum Gasteiger partial charge on any atom is -0.490 e. The molecule has 1 heterocycles. The van der Waals surface area contributed by atoms with E-state index in [0.29, 0.717) is 11.3 Å². The summed E-state index contributed by atoms with van der Waals surface area (Å²) in [6.45, 7) is 7.36. The van der Waals surface area contributed by atoms with E-state index in [1.54, 1.807) is 27.7 Å². The Kier molecular flexibility index (Phi) is 6.15. The third-order valence-corrected chi connectivity index (χ3v) is 2.40. The van der Waals surface area contributed by atoms with Crippen LogP contribution in [0.15, 0.2) is 18.5 Å². The lowest BCUT2D eigenvalue weighted by molar-refractivity contribution is 0.0493. The molecule has 122 valence electrons. The third-order valence-electron chi connectivity index (χ3n) is 2.40. The first-order valence-electron chi connectivity index (χ1n) is 6.87. The van der Waals surface area contributed by atoms with Crippen molar-refractivity contribution >= 4 is 12.1 Å². The van der Waals surface area contributed by atoms with Crippen molar-refractivity contribution in [3.8, 4) is 5.75 Å². The fourth-order valence-electron chi connectivity index (χ4n) is 1.50. The number of rotatable bonds is 5. The van der Waals surface area contributed by atoms with E-state index in [2.05, 4.69) is 15.0 Å². The summed E-state index contributed by atoms with van der Waals surface area (Å²) in [5.41, 5.74) is -0.253. The normalized spacial score (nSPS) is 12.2. The number of hydrogen-bond donors (Lipinski definition) is 1. The number of ether oxygens (including phenoxy) is 3. The highest BCUT2D eigenvalue weighted by atomic mass is 16.6. The number of nitrogens with zero attached hydrogens (tertiary/aromatic N) is 1. The van der Waals surface area contributed by atoms with Crippen molar-refractivity contribution in [2.45, 2.75) is 39.3 Å². The molecule has 0 aliphatic carbocycles. The molecule has 0 fully saturated rings. The summed E-state index contributed by atoms with van der Waals surface area (Å²) in [6, 6.07) is 1.26. The summed E-state index contributed by atoms with van der Waals surface area (Å²) < 4.78 is 15.2. The van der Waals surface area contributed by atoms with Gasteiger partial charge in [-0.2, -0.15) is 0 Å². The Bertz CT molecular complexity index is 525. The zero-order valence-corrected chi connectivity index (χ0v) is 13.5. The standard InChI is InChI=1S/C15H22N2O5/c1-10(17-14(19)22-15(2,3)4)9-21-12-6-11(7-16-8-12)13(18)20-5/h6-8,10H,9H2,1-5H3,(H,17,19)/t10-/m1/s1. The van der Waals surface area contributed by atoms with Crippen molar-refractivity contribution in [1.29, 1.82) is 0 Å². The maximum atomic E-state index is 11.6. The Morgan fingerprint density at radius 3 is 2.59 bits per heavy atom. The van der Waals surface area contributed by atoms with Gasteiger partial charge in [0.2, 0.25) is 0 Å². The number of hydrogen-bond acceptors (Lipinski definition) is 6. The van der Waals surface area contributed by atoms with Crippen molar-refractivity contribution in [1.82, 2.24) is 10.3 Å². The van der Waals surface area contributed by atoms with Gasteiger partial charge >= 0.3 is 12.1 Å². The molecule has 0 spiro atoms. The monoisotopic (exact) mass is 310 g/mol. The largest absolute Gasteiger partial charge is 0.490 e. The number of methoxy groups -OCH3 is 1. The van der Waals surface area contributed by atoms with E-state index in [1.807, 2.05) is 0 Å². The van der Waals surface area contributed by atoms with E-state index in [-0.39, 0.29) is 12.6 Å². The predicted octanol–water partition coefficient (Wildman–Crippen LogP) is 2.16. The van der Waals surface area contributed by atoms with Gasteiger partial charge in [0.15, 0.2) is 0 Å². The van der Waals surface area contributed by atoms with Gasteiger partial charge < -0.3 is 19.5 Å². The summed E-state index contributed by atoms with van der Waals surface area (Å²) in [6.07, 6.45) is 2.36. The molecular weight excluding hydrogens is 288 g/mol. The molecule has 7 nitrogen and oxygen atoms in total. The minimum atomic E-state index is -0.552. The SMILES string of the molecule is COC(=O)c1cncc(OC[C@@H](C)NC(=O)OC(C)(C)C)c1. The molecule has 0 aromatic carbocycles. The Balaban J connectivity index is 2.49. The van der Waals surface area contributed by atoms with Gasteiger partial charge in [-0.1, -0.05) is 0 Å². The molecule has 1 aromatic rings. The van der Waals surface area contributed by atoms with Crippen LogP contribution >= 0.6 is 0 Å². The lowest BCUT2D eigenvalue weighted by Crippen LogP contribution is -2.40. The van der Waals surface area contributed by atoms with Crippen LogP contribution in [0.25, 0.3) is 0 Å². The van der Waals surface area contributed by atoms with Crippen LogP contribution in [0, 0.1) is 0 Å². The van der Waals surface area contributed by atoms with Crippen molar-refractivity contribution in [2.24, 2.45) is 0 Å². The van der Waals surface area contributed by atoms with Gasteiger partial charge in [-0.25, -0.2) is 9.59 Å². The maximum absolute atomic E-state index is 11.6. The highest BCUT2D eigenvalue weighted by Crippen LogP contribution is 2.12. The van der Waals surface area contributed by atoms with Gasteiger partial charge in [0.05, 0.1) is 24.9 Å². The van der Waals surface area contributed by atoms with Crippen LogP contribution < -0.4 is 10.1 Å². The third kappa shape index (κ3) is 6.43. The van der Waals surface area contributed by atoms with Crippen LogP contribution in [0.1, 0.15) is 38.1 Å². The summed E-state index contributed by atoms with van der Waals surface area (Å²) in [5, 5.41) is 2.66. The maximum Gasteiger partial charge on any atom is 0.407 e. The lowest BCUT2D eigenvalue weighted by atomic mass is 10.2. The number of aromatic nitrogens is 1.